The molecule has 330 valence electrons. The fraction of sp³-hybridized carbons (Fsp3) is 0.255. The third-order valence-electron chi connectivity index (χ3n) is 9.19. The molecule has 6 aromatic rings. The van der Waals surface area contributed by atoms with Crippen LogP contribution in [0.25, 0.3) is 21.6 Å². The number of carbonyl (C=O) groups excluding carboxylic acids is 3. The van der Waals surface area contributed by atoms with Crippen LogP contribution in [-0.2, 0) is 33.8 Å². The smallest absolute Gasteiger partial charge is 0.326 e. The van der Waals surface area contributed by atoms with E-state index in [0.717, 1.165) is 70.8 Å². The lowest BCUT2D eigenvalue weighted by molar-refractivity contribution is -0.144. The van der Waals surface area contributed by atoms with Gasteiger partial charge in [0, 0.05) is 52.9 Å². The number of nitrogens with zero attached hydrogens (tertiary/aromatic N) is 3. The van der Waals surface area contributed by atoms with Crippen LogP contribution in [0.2, 0.25) is 0 Å². The number of pyridine rings is 3. The number of carbonyl (C=O) groups is 4. The lowest BCUT2D eigenvalue weighted by Crippen LogP contribution is -2.25. The Balaban J connectivity index is 0.000000276. The van der Waals surface area contributed by atoms with Gasteiger partial charge in [0.05, 0.1) is 23.5 Å². The van der Waals surface area contributed by atoms with Gasteiger partial charge >= 0.3 is 11.9 Å². The standard InChI is InChI=1S/C27H32N4O4.C18H14N2O5S.C2H6/c1-2-35-26(33)19-31-18-23(11-12-25(31)32)30-27(34)22-10-7-9-21(16-22)24-17-29-15-13-20(24)8-5-3-4-6-14-28;21-14-8-11(15-2-1-7-26-15)3-5-13(14)18(25)19-12-4-6-16(22)20(9-12)10-17(23)24;1-2/h7,9-13,15-18H,2-6,8,14,19,28H2,1H3,(H,30,34);1-9,21H,10H2,(H,19,25)(H,23,24);1-2H3. The number of benzene rings is 2. The Morgan fingerprint density at radius 1 is 0.778 bits per heavy atom. The highest BCUT2D eigenvalue weighted by Crippen LogP contribution is 2.30. The number of aromatic hydroxyl groups is 1. The molecule has 0 aliphatic rings. The van der Waals surface area contributed by atoms with Gasteiger partial charge in [-0.25, -0.2) is 0 Å². The maximum Gasteiger partial charge on any atom is 0.326 e. The number of nitrogens with one attached hydrogen (secondary N) is 2. The second kappa shape index (κ2) is 24.9. The Bertz CT molecular complexity index is 2590. The minimum Gasteiger partial charge on any atom is -0.507 e. The number of anilines is 2. The summed E-state index contributed by atoms with van der Waals surface area (Å²) in [7, 11) is 0. The number of carboxylic acids is 1. The maximum absolute atomic E-state index is 13.0. The van der Waals surface area contributed by atoms with Crippen LogP contribution in [0.15, 0.2) is 125 Å². The lowest BCUT2D eigenvalue weighted by atomic mass is 9.96. The zero-order chi connectivity index (χ0) is 45.7. The molecule has 0 atom stereocenters. The highest BCUT2D eigenvalue weighted by Gasteiger charge is 2.15. The summed E-state index contributed by atoms with van der Waals surface area (Å²) in [6.07, 6.45) is 11.6. The third kappa shape index (κ3) is 14.8. The van der Waals surface area contributed by atoms with Crippen molar-refractivity contribution < 1.29 is 34.1 Å². The van der Waals surface area contributed by atoms with E-state index in [1.54, 1.807) is 25.3 Å². The van der Waals surface area contributed by atoms with Crippen molar-refractivity contribution in [2.75, 3.05) is 23.8 Å². The van der Waals surface area contributed by atoms with Gasteiger partial charge in [0.25, 0.3) is 22.9 Å². The van der Waals surface area contributed by atoms with Crippen molar-refractivity contribution >= 4 is 46.5 Å². The minimum absolute atomic E-state index is 0.0706. The molecule has 0 aliphatic carbocycles. The van der Waals surface area contributed by atoms with Gasteiger partial charge in [0.1, 0.15) is 18.8 Å². The van der Waals surface area contributed by atoms with Crippen molar-refractivity contribution in [1.29, 1.82) is 0 Å². The molecule has 0 unspecified atom stereocenters. The highest BCUT2D eigenvalue weighted by molar-refractivity contribution is 7.13. The van der Waals surface area contributed by atoms with Gasteiger partial charge in [-0.3, -0.25) is 33.8 Å². The highest BCUT2D eigenvalue weighted by atomic mass is 32.1. The van der Waals surface area contributed by atoms with Crippen molar-refractivity contribution in [3.8, 4) is 27.3 Å². The Morgan fingerprint density at radius 3 is 2.10 bits per heavy atom. The summed E-state index contributed by atoms with van der Waals surface area (Å²) in [6, 6.07) is 23.3. The van der Waals surface area contributed by atoms with E-state index >= 15 is 0 Å². The summed E-state index contributed by atoms with van der Waals surface area (Å²) < 4.78 is 7.08. The number of aromatic nitrogens is 3. The van der Waals surface area contributed by atoms with E-state index in [0.29, 0.717) is 11.3 Å². The number of carboxylic acid groups (broad SMARTS) is 1. The van der Waals surface area contributed by atoms with E-state index in [9.17, 15) is 33.9 Å². The maximum atomic E-state index is 13.0. The monoisotopic (exact) mass is 876 g/mol. The fourth-order valence-electron chi connectivity index (χ4n) is 6.21. The van der Waals surface area contributed by atoms with Crippen LogP contribution in [0.3, 0.4) is 0 Å². The summed E-state index contributed by atoms with van der Waals surface area (Å²) in [6.45, 7) is 5.92. The molecule has 15 nitrogen and oxygen atoms in total. The fourth-order valence-corrected chi connectivity index (χ4v) is 6.94. The zero-order valence-electron chi connectivity index (χ0n) is 35.4. The van der Waals surface area contributed by atoms with Gasteiger partial charge in [0.2, 0.25) is 0 Å². The minimum atomic E-state index is -1.17. The molecule has 0 spiro atoms. The number of thiophene rings is 1. The molecule has 0 saturated carbocycles. The van der Waals surface area contributed by atoms with Crippen molar-refractivity contribution in [1.82, 2.24) is 14.1 Å². The van der Waals surface area contributed by atoms with Crippen molar-refractivity contribution in [3.05, 3.63) is 152 Å². The van der Waals surface area contributed by atoms with Crippen LogP contribution in [0, 0.1) is 0 Å². The number of esters is 1. The summed E-state index contributed by atoms with van der Waals surface area (Å²) in [5.74, 6) is -2.75. The van der Waals surface area contributed by atoms with Crippen LogP contribution in [0.4, 0.5) is 11.4 Å². The molecule has 6 rings (SSSR count). The Kier molecular flexibility index (Phi) is 19.2. The molecule has 2 amide bonds. The van der Waals surface area contributed by atoms with Crippen LogP contribution in [0.1, 0.15) is 72.7 Å². The van der Waals surface area contributed by atoms with E-state index in [4.69, 9.17) is 15.6 Å². The Morgan fingerprint density at radius 2 is 1.46 bits per heavy atom. The molecule has 0 radical (unpaired) electrons. The number of aryl methyl sites for hydroxylation is 1. The quantitative estimate of drug-likeness (QED) is 0.0447. The molecule has 0 saturated heterocycles. The Labute approximate surface area is 368 Å². The molecule has 0 aliphatic heterocycles. The van der Waals surface area contributed by atoms with Gasteiger partial charge in [-0.05, 0) is 103 Å². The number of unbranched alkanes of at least 4 members (excludes halogenated alkanes) is 3. The van der Waals surface area contributed by atoms with E-state index in [1.807, 2.05) is 61.8 Å². The molecule has 4 heterocycles. The van der Waals surface area contributed by atoms with Crippen LogP contribution >= 0.6 is 11.3 Å². The predicted octanol–water partition coefficient (Wildman–Crippen LogP) is 7.43. The predicted molar refractivity (Wildman–Crippen MR) is 245 cm³/mol. The van der Waals surface area contributed by atoms with Gasteiger partial charge < -0.3 is 40.5 Å². The molecule has 16 heteroatoms. The largest absolute Gasteiger partial charge is 0.507 e. The molecule has 6 N–H and O–H groups in total. The summed E-state index contributed by atoms with van der Waals surface area (Å²) in [5, 5.41) is 26.2. The number of rotatable bonds is 17. The number of phenolic OH excluding ortho intramolecular Hbond substituents is 1. The normalized spacial score (nSPS) is 10.3. The van der Waals surface area contributed by atoms with Crippen molar-refractivity contribution in [3.63, 3.8) is 0 Å². The average Bonchev–Trinajstić information content (AvgIpc) is 3.83. The summed E-state index contributed by atoms with van der Waals surface area (Å²) in [5.41, 5.74) is 9.83. The van der Waals surface area contributed by atoms with E-state index in [1.165, 1.54) is 64.2 Å². The molecule has 0 fully saturated rings. The van der Waals surface area contributed by atoms with Gasteiger partial charge in [-0.2, -0.15) is 0 Å². The Hall–Kier alpha value is -7.17. The van der Waals surface area contributed by atoms with Crippen LogP contribution < -0.4 is 27.5 Å². The SMILES string of the molecule is CC.CCOC(=O)Cn1cc(NC(=O)c2cccc(-c3cnccc3CCCCCCN)c2)ccc1=O.O=C(O)Cn1cc(NC(=O)c2ccc(-c3cccs3)cc2O)ccc1=O. The molecule has 2 aromatic carbocycles. The molecule has 4 aromatic heterocycles. The second-order valence-corrected chi connectivity index (χ2v) is 14.6. The van der Waals surface area contributed by atoms with Gasteiger partial charge in [0.15, 0.2) is 0 Å². The first-order chi connectivity index (χ1) is 30.4. The molecule has 63 heavy (non-hydrogen) atoms. The van der Waals surface area contributed by atoms with Gasteiger partial charge in [-0.1, -0.05) is 51.0 Å². The number of ether oxygens (including phenoxy) is 1. The number of nitrogens with two attached hydrogens (primary N) is 1. The lowest BCUT2D eigenvalue weighted by Gasteiger charge is -2.12. The van der Waals surface area contributed by atoms with E-state index in [-0.39, 0.29) is 41.6 Å². The number of phenols is 1. The first-order valence-corrected chi connectivity index (χ1v) is 21.3. The van der Waals surface area contributed by atoms with Crippen LogP contribution in [0.5, 0.6) is 5.75 Å². The third-order valence-corrected chi connectivity index (χ3v) is 10.1. The number of hydrogen-bond acceptors (Lipinski definition) is 11. The molecular weight excluding hydrogens is 825 g/mol. The van der Waals surface area contributed by atoms with E-state index in [2.05, 4.69) is 15.6 Å². The van der Waals surface area contributed by atoms with E-state index < -0.39 is 29.9 Å². The van der Waals surface area contributed by atoms with Crippen molar-refractivity contribution in [2.45, 2.75) is 66.0 Å². The number of aliphatic carboxylic acids is 1. The number of amides is 2. The summed E-state index contributed by atoms with van der Waals surface area (Å²) >= 11 is 1.52. The molecular formula is C47H52N6O9S. The average molecular weight is 877 g/mol. The first kappa shape index (κ1) is 48.5. The second-order valence-electron chi connectivity index (χ2n) is 13.7. The van der Waals surface area contributed by atoms with Crippen LogP contribution in [-0.4, -0.2) is 61.2 Å². The first-order valence-electron chi connectivity index (χ1n) is 20.5. The van der Waals surface area contributed by atoms with Gasteiger partial charge in [-0.15, -0.1) is 11.3 Å². The summed E-state index contributed by atoms with van der Waals surface area (Å²) in [4.78, 5) is 76.8. The van der Waals surface area contributed by atoms with Crippen molar-refractivity contribution in [2.24, 2.45) is 5.73 Å². The topological polar surface area (TPSA) is 225 Å². The number of hydrogen-bond donors (Lipinski definition) is 5. The zero-order valence-corrected chi connectivity index (χ0v) is 36.2. The molecule has 0 bridgehead atoms.